The van der Waals surface area contributed by atoms with Gasteiger partial charge in [0.05, 0.1) is 11.4 Å². The molecule has 0 aromatic heterocycles. The molecule has 3 amide bonds. The second-order valence-corrected chi connectivity index (χ2v) is 9.98. The van der Waals surface area contributed by atoms with Gasteiger partial charge in [-0.15, -0.1) is 0 Å². The first-order valence-electron chi connectivity index (χ1n) is 11.7. The van der Waals surface area contributed by atoms with Crippen LogP contribution in [0.5, 0.6) is 0 Å². The highest BCUT2D eigenvalue weighted by atomic mass is 19.1. The van der Waals surface area contributed by atoms with Crippen molar-refractivity contribution in [2.24, 2.45) is 16.8 Å². The number of anilines is 1. The molecule has 0 unspecified atom stereocenters. The molecule has 1 aromatic carbocycles. The summed E-state index contributed by atoms with van der Waals surface area (Å²) in [5.74, 6) is -1.09. The molecule has 34 heavy (non-hydrogen) atoms. The van der Waals surface area contributed by atoms with E-state index < -0.39 is 23.3 Å². The van der Waals surface area contributed by atoms with Gasteiger partial charge in [-0.3, -0.25) is 0 Å². The first-order valence-corrected chi connectivity index (χ1v) is 11.7. The summed E-state index contributed by atoms with van der Waals surface area (Å²) in [6.07, 6.45) is 3.94. The van der Waals surface area contributed by atoms with E-state index in [2.05, 4.69) is 10.5 Å². The van der Waals surface area contributed by atoms with E-state index in [1.807, 2.05) is 20.8 Å². The van der Waals surface area contributed by atoms with Crippen LogP contribution in [-0.4, -0.2) is 48.0 Å². The Hall–Kier alpha value is -2.91. The van der Waals surface area contributed by atoms with Crippen molar-refractivity contribution < 1.29 is 27.9 Å². The van der Waals surface area contributed by atoms with Gasteiger partial charge in [0.1, 0.15) is 23.8 Å². The molecular weight excluding hydrogens is 446 g/mol. The smallest absolute Gasteiger partial charge is 0.410 e. The predicted octanol–water partition coefficient (Wildman–Crippen LogP) is 5.13. The Kier molecular flexibility index (Phi) is 8.33. The van der Waals surface area contributed by atoms with Gasteiger partial charge < -0.3 is 25.5 Å². The zero-order chi connectivity index (χ0) is 24.9. The molecule has 8 nitrogen and oxygen atoms in total. The Morgan fingerprint density at radius 2 is 1.76 bits per heavy atom. The van der Waals surface area contributed by atoms with Gasteiger partial charge in [0, 0.05) is 19.2 Å². The zero-order valence-electron chi connectivity index (χ0n) is 20.0. The fourth-order valence-corrected chi connectivity index (χ4v) is 4.30. The fourth-order valence-electron chi connectivity index (χ4n) is 4.30. The van der Waals surface area contributed by atoms with Crippen molar-refractivity contribution in [1.82, 2.24) is 4.90 Å². The van der Waals surface area contributed by atoms with Crippen LogP contribution in [-0.2, 0) is 9.57 Å². The molecule has 1 aromatic rings. The summed E-state index contributed by atoms with van der Waals surface area (Å²) in [5, 5.41) is 6.36. The molecule has 1 saturated heterocycles. The average Bonchev–Trinajstić information content (AvgIpc) is 2.75. The van der Waals surface area contributed by atoms with Crippen molar-refractivity contribution >= 4 is 23.5 Å². The number of nitrogens with two attached hydrogens (primary N) is 1. The van der Waals surface area contributed by atoms with Crippen LogP contribution in [0.15, 0.2) is 17.3 Å². The molecule has 2 aliphatic rings. The van der Waals surface area contributed by atoms with Crippen LogP contribution in [0.2, 0.25) is 0 Å². The number of amides is 3. The molecular formula is C24H34F2N4O4. The first kappa shape index (κ1) is 25.7. The summed E-state index contributed by atoms with van der Waals surface area (Å²) < 4.78 is 34.1. The molecule has 0 atom stereocenters. The Morgan fingerprint density at radius 1 is 1.12 bits per heavy atom. The van der Waals surface area contributed by atoms with Gasteiger partial charge in [-0.1, -0.05) is 5.16 Å². The van der Waals surface area contributed by atoms with Gasteiger partial charge in [0.2, 0.25) is 0 Å². The number of ether oxygens (including phenoxy) is 1. The largest absolute Gasteiger partial charge is 0.444 e. The lowest BCUT2D eigenvalue weighted by molar-refractivity contribution is 0.0120. The predicted molar refractivity (Wildman–Crippen MR) is 125 cm³/mol. The van der Waals surface area contributed by atoms with Gasteiger partial charge >= 0.3 is 12.1 Å². The Balaban J connectivity index is 1.42. The Morgan fingerprint density at radius 3 is 2.35 bits per heavy atom. The highest BCUT2D eigenvalue weighted by molar-refractivity contribution is 5.88. The molecule has 1 aliphatic heterocycles. The second kappa shape index (κ2) is 11.0. The number of likely N-dealkylation sites (tertiary alicyclic amines) is 1. The molecule has 3 N–H and O–H groups in total. The number of piperidine rings is 1. The first-order chi connectivity index (χ1) is 16.0. The quantitative estimate of drug-likeness (QED) is 0.570. The SMILES string of the molecule is CC(C)(C)OC(=O)N1CCC(CON=C2CCC(c3cc(F)c(NC(N)=O)cc3F)CC2)CC1. The number of benzene rings is 1. The topological polar surface area (TPSA) is 106 Å². The van der Waals surface area contributed by atoms with E-state index in [9.17, 15) is 18.4 Å². The maximum atomic E-state index is 14.5. The molecule has 0 spiro atoms. The molecule has 1 saturated carbocycles. The summed E-state index contributed by atoms with van der Waals surface area (Å²) >= 11 is 0. The number of rotatable bonds is 5. The van der Waals surface area contributed by atoms with Crippen molar-refractivity contribution in [2.75, 3.05) is 25.0 Å². The lowest BCUT2D eigenvalue weighted by Gasteiger charge is -2.33. The summed E-state index contributed by atoms with van der Waals surface area (Å²) in [6.45, 7) is 7.32. The fraction of sp³-hybridized carbons (Fsp3) is 0.625. The van der Waals surface area contributed by atoms with Crippen molar-refractivity contribution in [1.29, 1.82) is 0 Å². The molecule has 0 bridgehead atoms. The average molecular weight is 481 g/mol. The number of nitrogens with zero attached hydrogens (tertiary/aromatic N) is 2. The molecule has 10 heteroatoms. The van der Waals surface area contributed by atoms with Crippen LogP contribution in [0.25, 0.3) is 0 Å². The summed E-state index contributed by atoms with van der Waals surface area (Å²) in [4.78, 5) is 30.4. The van der Waals surface area contributed by atoms with E-state index in [-0.39, 0.29) is 17.7 Å². The van der Waals surface area contributed by atoms with E-state index >= 15 is 0 Å². The second-order valence-electron chi connectivity index (χ2n) is 9.98. The van der Waals surface area contributed by atoms with Crippen LogP contribution < -0.4 is 11.1 Å². The van der Waals surface area contributed by atoms with Gasteiger partial charge in [-0.25, -0.2) is 18.4 Å². The van der Waals surface area contributed by atoms with Crippen molar-refractivity contribution in [2.45, 2.75) is 70.8 Å². The minimum Gasteiger partial charge on any atom is -0.444 e. The van der Waals surface area contributed by atoms with Crippen molar-refractivity contribution in [3.8, 4) is 0 Å². The molecule has 0 radical (unpaired) electrons. The highest BCUT2D eigenvalue weighted by Gasteiger charge is 2.28. The lowest BCUT2D eigenvalue weighted by Crippen LogP contribution is -2.42. The zero-order valence-corrected chi connectivity index (χ0v) is 20.0. The number of halogens is 2. The summed E-state index contributed by atoms with van der Waals surface area (Å²) in [7, 11) is 0. The Labute approximate surface area is 198 Å². The maximum Gasteiger partial charge on any atom is 0.410 e. The lowest BCUT2D eigenvalue weighted by atomic mass is 9.83. The molecule has 2 fully saturated rings. The van der Waals surface area contributed by atoms with Crippen LogP contribution >= 0.6 is 0 Å². The van der Waals surface area contributed by atoms with E-state index in [0.717, 1.165) is 30.7 Å². The van der Waals surface area contributed by atoms with Crippen LogP contribution in [0.4, 0.5) is 24.1 Å². The van der Waals surface area contributed by atoms with Crippen LogP contribution in [0, 0.1) is 17.6 Å². The summed E-state index contributed by atoms with van der Waals surface area (Å²) in [6, 6.07) is 1.15. The van der Waals surface area contributed by atoms with Crippen LogP contribution in [0.3, 0.4) is 0 Å². The number of carbonyl (C=O) groups is 2. The highest BCUT2D eigenvalue weighted by Crippen LogP contribution is 2.35. The number of primary amides is 1. The number of oxime groups is 1. The van der Waals surface area contributed by atoms with Gasteiger partial charge in [-0.2, -0.15) is 0 Å². The maximum absolute atomic E-state index is 14.5. The number of carbonyl (C=O) groups excluding carboxylic acids is 2. The Bertz CT molecular complexity index is 914. The van der Waals surface area contributed by atoms with E-state index in [1.54, 1.807) is 4.90 Å². The minimum atomic E-state index is -0.946. The number of hydrogen-bond donors (Lipinski definition) is 2. The van der Waals surface area contributed by atoms with E-state index in [4.69, 9.17) is 15.3 Å². The van der Waals surface area contributed by atoms with Gasteiger partial charge in [0.25, 0.3) is 0 Å². The normalized spacial score (nSPS) is 19.5. The third-order valence-corrected chi connectivity index (χ3v) is 6.12. The molecule has 188 valence electrons. The minimum absolute atomic E-state index is 0.131. The third-order valence-electron chi connectivity index (χ3n) is 6.12. The van der Waals surface area contributed by atoms with E-state index in [0.29, 0.717) is 56.9 Å². The molecule has 1 heterocycles. The van der Waals surface area contributed by atoms with Crippen LogP contribution in [0.1, 0.15) is 70.8 Å². The molecule has 3 rings (SSSR count). The number of urea groups is 1. The summed E-state index contributed by atoms with van der Waals surface area (Å²) in [5.41, 5.74) is 5.42. The van der Waals surface area contributed by atoms with Crippen molar-refractivity contribution in [3.05, 3.63) is 29.3 Å². The van der Waals surface area contributed by atoms with Gasteiger partial charge in [-0.05, 0) is 82.8 Å². The van der Waals surface area contributed by atoms with E-state index in [1.165, 1.54) is 0 Å². The number of hydrogen-bond acceptors (Lipinski definition) is 5. The standard InChI is InChI=1S/C24H34F2N4O4/c1-24(2,3)34-23(32)30-10-8-15(9-11-30)14-33-29-17-6-4-16(5-7-17)18-12-20(26)21(13-19(18)25)28-22(27)31/h12-13,15-16H,4-11,14H2,1-3H3,(H3,27,28,31). The third kappa shape index (κ3) is 7.30. The van der Waals surface area contributed by atoms with Crippen molar-refractivity contribution in [3.63, 3.8) is 0 Å². The number of nitrogens with one attached hydrogen (secondary N) is 1. The molecule has 1 aliphatic carbocycles. The van der Waals surface area contributed by atoms with Gasteiger partial charge in [0.15, 0.2) is 0 Å². The monoisotopic (exact) mass is 480 g/mol.